The number of hydrogen-bond acceptors (Lipinski definition) is 6. The SMILES string of the molecule is N#CCOc1ccc(C(=O)C2C(C(=O)c3ccccc3Cl)N3C=Cc4ccccc4C3C23C(=O)Nc2ccccc23)cc1. The second-order valence-corrected chi connectivity index (χ2v) is 11.2. The zero-order valence-electron chi connectivity index (χ0n) is 22.7. The van der Waals surface area contributed by atoms with Crippen molar-refractivity contribution in [1.29, 1.82) is 5.26 Å². The van der Waals surface area contributed by atoms with Crippen LogP contribution in [0, 0.1) is 17.2 Å². The minimum Gasteiger partial charge on any atom is -0.479 e. The fourth-order valence-electron chi connectivity index (χ4n) is 7.00. The molecule has 3 aliphatic heterocycles. The van der Waals surface area contributed by atoms with E-state index in [4.69, 9.17) is 21.6 Å². The van der Waals surface area contributed by atoms with Crippen molar-refractivity contribution in [1.82, 2.24) is 4.90 Å². The summed E-state index contributed by atoms with van der Waals surface area (Å²) in [6.45, 7) is -0.132. The van der Waals surface area contributed by atoms with Crippen molar-refractivity contribution in [2.45, 2.75) is 17.5 Å². The molecule has 4 aromatic carbocycles. The molecule has 43 heavy (non-hydrogen) atoms. The topological polar surface area (TPSA) is 99.5 Å². The Morgan fingerprint density at radius 3 is 2.44 bits per heavy atom. The number of Topliss-reactive ketones (excluding diaryl/α,β-unsaturated/α-hetero) is 2. The largest absolute Gasteiger partial charge is 0.479 e. The Hall–Kier alpha value is -5.19. The highest BCUT2D eigenvalue weighted by Gasteiger charge is 2.70. The van der Waals surface area contributed by atoms with Crippen molar-refractivity contribution in [2.24, 2.45) is 5.92 Å². The van der Waals surface area contributed by atoms with Crippen LogP contribution in [-0.4, -0.2) is 35.0 Å². The molecule has 210 valence electrons. The van der Waals surface area contributed by atoms with Gasteiger partial charge in [0.2, 0.25) is 5.91 Å². The van der Waals surface area contributed by atoms with Gasteiger partial charge in [0.05, 0.1) is 17.0 Å². The summed E-state index contributed by atoms with van der Waals surface area (Å²) >= 11 is 6.56. The Bertz CT molecular complexity index is 1880. The number of ether oxygens (including phenoxy) is 1. The van der Waals surface area contributed by atoms with Crippen LogP contribution in [0.5, 0.6) is 5.75 Å². The maximum atomic E-state index is 14.9. The van der Waals surface area contributed by atoms with Crippen LogP contribution in [0.4, 0.5) is 5.69 Å². The minimum absolute atomic E-state index is 0.132. The smallest absolute Gasteiger partial charge is 0.238 e. The van der Waals surface area contributed by atoms with Crippen LogP contribution >= 0.6 is 11.6 Å². The van der Waals surface area contributed by atoms with Crippen molar-refractivity contribution in [3.63, 3.8) is 0 Å². The fraction of sp³-hybridized carbons (Fsp3) is 0.143. The number of nitriles is 1. The zero-order chi connectivity index (χ0) is 29.7. The van der Waals surface area contributed by atoms with E-state index < -0.39 is 23.4 Å². The molecule has 1 spiro atoms. The molecule has 1 fully saturated rings. The van der Waals surface area contributed by atoms with E-state index in [1.54, 1.807) is 48.5 Å². The molecule has 1 amide bonds. The van der Waals surface area contributed by atoms with Crippen molar-refractivity contribution in [3.8, 4) is 11.8 Å². The number of rotatable bonds is 6. The fourth-order valence-corrected chi connectivity index (χ4v) is 7.23. The lowest BCUT2D eigenvalue weighted by Gasteiger charge is -2.38. The predicted molar refractivity (Wildman–Crippen MR) is 162 cm³/mol. The molecule has 7 rings (SSSR count). The molecule has 4 atom stereocenters. The van der Waals surface area contributed by atoms with Crippen LogP contribution in [-0.2, 0) is 10.2 Å². The normalized spacial score (nSPS) is 22.7. The number of carbonyl (C=O) groups excluding carboxylic acids is 3. The van der Waals surface area contributed by atoms with E-state index in [0.717, 1.165) is 11.1 Å². The molecule has 1 saturated heterocycles. The molecular formula is C35H24ClN3O4. The first-order chi connectivity index (χ1) is 21.0. The third-order valence-electron chi connectivity index (χ3n) is 8.70. The number of nitrogens with one attached hydrogen (secondary N) is 1. The third kappa shape index (κ3) is 3.91. The van der Waals surface area contributed by atoms with Crippen molar-refractivity contribution in [2.75, 3.05) is 11.9 Å². The summed E-state index contributed by atoms with van der Waals surface area (Å²) in [6, 6.07) is 28.6. The highest BCUT2D eigenvalue weighted by atomic mass is 35.5. The summed E-state index contributed by atoms with van der Waals surface area (Å²) < 4.78 is 5.40. The molecule has 8 heteroatoms. The van der Waals surface area contributed by atoms with Crippen LogP contribution in [0.2, 0.25) is 5.02 Å². The van der Waals surface area contributed by atoms with Crippen LogP contribution in [0.15, 0.2) is 103 Å². The Kier molecular flexibility index (Phi) is 6.37. The molecule has 4 aromatic rings. The van der Waals surface area contributed by atoms with Gasteiger partial charge in [-0.15, -0.1) is 0 Å². The highest BCUT2D eigenvalue weighted by molar-refractivity contribution is 6.34. The quantitative estimate of drug-likeness (QED) is 0.270. The second-order valence-electron chi connectivity index (χ2n) is 10.8. The monoisotopic (exact) mass is 585 g/mol. The average Bonchev–Trinajstić information content (AvgIpc) is 3.52. The van der Waals surface area contributed by atoms with E-state index in [2.05, 4.69) is 5.32 Å². The van der Waals surface area contributed by atoms with Crippen LogP contribution in [0.1, 0.15) is 43.4 Å². The number of ketones is 2. The Labute approximate surface area is 253 Å². The van der Waals surface area contributed by atoms with Crippen LogP contribution < -0.4 is 10.1 Å². The van der Waals surface area contributed by atoms with E-state index in [1.807, 2.05) is 71.8 Å². The summed E-state index contributed by atoms with van der Waals surface area (Å²) in [5.41, 5.74) is 2.21. The van der Waals surface area contributed by atoms with Crippen LogP contribution in [0.3, 0.4) is 0 Å². The van der Waals surface area contributed by atoms with Crippen LogP contribution in [0.25, 0.3) is 6.08 Å². The van der Waals surface area contributed by atoms with E-state index in [-0.39, 0.29) is 34.7 Å². The standard InChI is InChI=1S/C35H24ClN3O4/c36-27-11-5-3-9-25(27)32(41)30-29(31(40)22-13-15-23(16-14-22)43-20-18-37)35(26-10-4-6-12-28(26)38-34(35)42)33-24-8-2-1-7-21(24)17-19-39(30)33/h1-17,19,29-30,33H,20H2,(H,38,42). The van der Waals surface area contributed by atoms with Gasteiger partial charge >= 0.3 is 0 Å². The second kappa shape index (κ2) is 10.3. The molecule has 0 aromatic heterocycles. The van der Waals surface area contributed by atoms with E-state index in [9.17, 15) is 14.4 Å². The minimum atomic E-state index is -1.44. The lowest BCUT2D eigenvalue weighted by atomic mass is 9.62. The molecule has 0 aliphatic carbocycles. The van der Waals surface area contributed by atoms with Gasteiger partial charge in [-0.2, -0.15) is 5.26 Å². The molecule has 1 N–H and O–H groups in total. The summed E-state index contributed by atoms with van der Waals surface area (Å²) in [6.07, 6.45) is 3.74. The Morgan fingerprint density at radius 2 is 1.65 bits per heavy atom. The van der Waals surface area contributed by atoms with Crippen molar-refractivity contribution < 1.29 is 19.1 Å². The number of fused-ring (bicyclic) bond motifs is 6. The van der Waals surface area contributed by atoms with Crippen molar-refractivity contribution in [3.05, 3.63) is 136 Å². The number of carbonyl (C=O) groups is 3. The molecule has 3 aliphatic rings. The van der Waals surface area contributed by atoms with Gasteiger partial charge in [0, 0.05) is 23.0 Å². The molecule has 0 radical (unpaired) electrons. The van der Waals surface area contributed by atoms with Gasteiger partial charge in [0.15, 0.2) is 18.2 Å². The average molecular weight is 586 g/mol. The van der Waals surface area contributed by atoms with Gasteiger partial charge in [0.25, 0.3) is 0 Å². The van der Waals surface area contributed by atoms with E-state index in [0.29, 0.717) is 22.6 Å². The first kappa shape index (κ1) is 26.7. The Morgan fingerprint density at radius 1 is 0.930 bits per heavy atom. The number of anilines is 1. The van der Waals surface area contributed by atoms with Gasteiger partial charge in [-0.3, -0.25) is 14.4 Å². The van der Waals surface area contributed by atoms with Gasteiger partial charge in [0.1, 0.15) is 23.3 Å². The molecule has 4 unspecified atom stereocenters. The van der Waals surface area contributed by atoms with Gasteiger partial charge in [-0.05, 0) is 65.2 Å². The number of amides is 1. The third-order valence-corrected chi connectivity index (χ3v) is 9.03. The van der Waals surface area contributed by atoms with E-state index >= 15 is 0 Å². The van der Waals surface area contributed by atoms with Crippen molar-refractivity contribution >= 4 is 40.8 Å². The molecule has 7 nitrogen and oxygen atoms in total. The van der Waals surface area contributed by atoms with E-state index in [1.165, 1.54) is 0 Å². The van der Waals surface area contributed by atoms with Gasteiger partial charge in [-0.1, -0.05) is 66.2 Å². The number of hydrogen-bond donors (Lipinski definition) is 1. The zero-order valence-corrected chi connectivity index (χ0v) is 23.5. The lowest BCUT2D eigenvalue weighted by molar-refractivity contribution is -0.122. The van der Waals surface area contributed by atoms with Gasteiger partial charge < -0.3 is 15.0 Å². The number of halogens is 1. The number of para-hydroxylation sites is 1. The molecule has 0 bridgehead atoms. The molecular weight excluding hydrogens is 562 g/mol. The summed E-state index contributed by atoms with van der Waals surface area (Å²) in [5.74, 6) is -1.73. The number of benzene rings is 4. The maximum Gasteiger partial charge on any atom is 0.238 e. The number of nitrogens with zero attached hydrogens (tertiary/aromatic N) is 2. The Balaban J connectivity index is 1.49. The predicted octanol–water partition coefficient (Wildman–Crippen LogP) is 6.22. The lowest BCUT2D eigenvalue weighted by Crippen LogP contribution is -2.49. The summed E-state index contributed by atoms with van der Waals surface area (Å²) in [5, 5.41) is 12.2. The molecule has 3 heterocycles. The molecule has 0 saturated carbocycles. The first-order valence-corrected chi connectivity index (χ1v) is 14.2. The maximum absolute atomic E-state index is 14.9. The first-order valence-electron chi connectivity index (χ1n) is 13.8. The van der Waals surface area contributed by atoms with Gasteiger partial charge in [-0.25, -0.2) is 0 Å². The summed E-state index contributed by atoms with van der Waals surface area (Å²) in [7, 11) is 0. The summed E-state index contributed by atoms with van der Waals surface area (Å²) in [4.78, 5) is 45.9. The highest BCUT2D eigenvalue weighted by Crippen LogP contribution is 2.62.